The molecule has 5 rings (SSSR count). The van der Waals surface area contributed by atoms with Crippen LogP contribution in [0.5, 0.6) is 17.2 Å². The summed E-state index contributed by atoms with van der Waals surface area (Å²) in [4.78, 5) is 4.44. The van der Waals surface area contributed by atoms with Gasteiger partial charge in [0.15, 0.2) is 12.4 Å². The molecule has 1 atom stereocenters. The van der Waals surface area contributed by atoms with Gasteiger partial charge in [-0.3, -0.25) is 4.98 Å². The lowest BCUT2D eigenvalue weighted by Gasteiger charge is -2.30. The summed E-state index contributed by atoms with van der Waals surface area (Å²) in [5.41, 5.74) is 2.39. The van der Waals surface area contributed by atoms with E-state index in [-0.39, 0.29) is 18.1 Å². The number of rotatable bonds is 6. The van der Waals surface area contributed by atoms with Gasteiger partial charge in [0.05, 0.1) is 11.1 Å². The minimum Gasteiger partial charge on any atom is -0.508 e. The second-order valence-electron chi connectivity index (χ2n) is 8.27. The summed E-state index contributed by atoms with van der Waals surface area (Å²) in [6, 6.07) is 15.3. The number of benzene rings is 3. The molecule has 0 aliphatic carbocycles. The summed E-state index contributed by atoms with van der Waals surface area (Å²) >= 11 is 0. The zero-order valence-corrected chi connectivity index (χ0v) is 19.4. The fourth-order valence-corrected chi connectivity index (χ4v) is 4.28. The lowest BCUT2D eigenvalue weighted by Crippen LogP contribution is -2.22. The Kier molecular flexibility index (Phi) is 6.19. The zero-order chi connectivity index (χ0) is 25.4. The molecule has 1 aromatic heterocycles. The van der Waals surface area contributed by atoms with Gasteiger partial charge < -0.3 is 24.1 Å². The molecule has 6 nitrogen and oxygen atoms in total. The van der Waals surface area contributed by atoms with Crippen LogP contribution >= 0.6 is 0 Å². The largest absolute Gasteiger partial charge is 0.508 e. The van der Waals surface area contributed by atoms with E-state index in [1.54, 1.807) is 42.6 Å². The van der Waals surface area contributed by atoms with Gasteiger partial charge in [0.25, 0.3) is 0 Å². The smallest absolute Gasteiger partial charge is 0.416 e. The van der Waals surface area contributed by atoms with E-state index in [9.17, 15) is 18.3 Å². The van der Waals surface area contributed by atoms with Crippen molar-refractivity contribution in [2.75, 3.05) is 20.8 Å². The number of aromatic nitrogens is 1. The van der Waals surface area contributed by atoms with Crippen LogP contribution in [0.4, 0.5) is 13.2 Å². The first-order valence-electron chi connectivity index (χ1n) is 11.1. The summed E-state index contributed by atoms with van der Waals surface area (Å²) in [7, 11) is 3.03. The molecule has 0 spiro atoms. The third kappa shape index (κ3) is 4.43. The molecule has 2 heterocycles. The van der Waals surface area contributed by atoms with Crippen molar-refractivity contribution < 1.29 is 37.2 Å². The molecule has 0 fully saturated rings. The van der Waals surface area contributed by atoms with E-state index in [2.05, 4.69) is 4.98 Å². The minimum atomic E-state index is -4.51. The average molecular weight is 497 g/mol. The van der Waals surface area contributed by atoms with Crippen LogP contribution in [0, 0.1) is 0 Å². The van der Waals surface area contributed by atoms with Gasteiger partial charge in [0, 0.05) is 48.6 Å². The van der Waals surface area contributed by atoms with Gasteiger partial charge in [-0.25, -0.2) is 0 Å². The second kappa shape index (κ2) is 9.33. The van der Waals surface area contributed by atoms with Crippen LogP contribution in [0.15, 0.2) is 66.9 Å². The van der Waals surface area contributed by atoms with Gasteiger partial charge in [-0.15, -0.1) is 0 Å². The van der Waals surface area contributed by atoms with Gasteiger partial charge in [-0.1, -0.05) is 12.1 Å². The molecule has 0 unspecified atom stereocenters. The third-order valence-corrected chi connectivity index (χ3v) is 6.10. The first kappa shape index (κ1) is 23.9. The highest BCUT2D eigenvalue weighted by Crippen LogP contribution is 2.48. The Balaban J connectivity index is 1.59. The summed E-state index contributed by atoms with van der Waals surface area (Å²) in [6.07, 6.45) is -4.14. The molecule has 0 saturated heterocycles. The second-order valence-corrected chi connectivity index (χ2v) is 8.27. The van der Waals surface area contributed by atoms with E-state index in [1.165, 1.54) is 26.4 Å². The number of fused-ring (bicyclic) bond motifs is 5. The van der Waals surface area contributed by atoms with E-state index in [4.69, 9.17) is 18.9 Å². The third-order valence-electron chi connectivity index (χ3n) is 6.10. The van der Waals surface area contributed by atoms with E-state index in [0.29, 0.717) is 28.0 Å². The van der Waals surface area contributed by atoms with Crippen LogP contribution in [0.1, 0.15) is 22.8 Å². The van der Waals surface area contributed by atoms with Gasteiger partial charge in [-0.05, 0) is 48.0 Å². The molecule has 3 aromatic carbocycles. The number of pyridine rings is 1. The molecule has 0 radical (unpaired) electrons. The van der Waals surface area contributed by atoms with Crippen molar-refractivity contribution in [2.45, 2.75) is 18.6 Å². The minimum absolute atomic E-state index is 0.0605. The summed E-state index contributed by atoms with van der Waals surface area (Å²) in [5, 5.41) is 10.7. The molecule has 1 N–H and O–H groups in total. The highest BCUT2D eigenvalue weighted by atomic mass is 19.4. The maximum atomic E-state index is 13.4. The molecule has 0 amide bonds. The quantitative estimate of drug-likeness (QED) is 0.325. The molecule has 0 saturated carbocycles. The molecule has 0 bridgehead atoms. The monoisotopic (exact) mass is 497 g/mol. The van der Waals surface area contributed by atoms with Crippen molar-refractivity contribution in [1.29, 1.82) is 0 Å². The van der Waals surface area contributed by atoms with Crippen LogP contribution in [0.25, 0.3) is 22.0 Å². The number of halogens is 3. The fraction of sp³-hybridized carbons (Fsp3) is 0.222. The number of ether oxygens (including phenoxy) is 4. The van der Waals surface area contributed by atoms with E-state index >= 15 is 0 Å². The molecular weight excluding hydrogens is 475 g/mol. The van der Waals surface area contributed by atoms with Gasteiger partial charge in [0.1, 0.15) is 23.9 Å². The molecule has 1 aliphatic rings. The topological polar surface area (TPSA) is 70.0 Å². The molecule has 9 heteroatoms. The van der Waals surface area contributed by atoms with Crippen molar-refractivity contribution in [3.63, 3.8) is 0 Å². The van der Waals surface area contributed by atoms with Crippen molar-refractivity contribution in [3.05, 3.63) is 83.6 Å². The Labute approximate surface area is 204 Å². The van der Waals surface area contributed by atoms with Crippen LogP contribution in [-0.4, -0.2) is 37.2 Å². The Hall–Kier alpha value is -3.82. The van der Waals surface area contributed by atoms with Crippen LogP contribution in [-0.2, 0) is 15.7 Å². The summed E-state index contributed by atoms with van der Waals surface area (Å²) in [5.74, 6) is 0.745. The summed E-state index contributed by atoms with van der Waals surface area (Å²) < 4.78 is 62.4. The lowest BCUT2D eigenvalue weighted by atomic mass is 9.87. The molecule has 186 valence electrons. The Morgan fingerprint density at radius 1 is 0.972 bits per heavy atom. The number of phenolic OH excluding ortho intramolecular Hbond substituents is 1. The number of alkyl halides is 3. The van der Waals surface area contributed by atoms with Crippen molar-refractivity contribution in [3.8, 4) is 28.4 Å². The maximum absolute atomic E-state index is 13.4. The van der Waals surface area contributed by atoms with Gasteiger partial charge in [0.2, 0.25) is 0 Å². The Bertz CT molecular complexity index is 1400. The predicted octanol–water partition coefficient (Wildman–Crippen LogP) is 6.11. The van der Waals surface area contributed by atoms with Crippen molar-refractivity contribution >= 4 is 10.9 Å². The molecular formula is C27H22F3NO5. The van der Waals surface area contributed by atoms with E-state index in [1.807, 2.05) is 0 Å². The number of hydrogen-bond acceptors (Lipinski definition) is 6. The van der Waals surface area contributed by atoms with Gasteiger partial charge in [-0.2, -0.15) is 13.2 Å². The van der Waals surface area contributed by atoms with Crippen LogP contribution in [0.2, 0.25) is 0 Å². The molecule has 4 aromatic rings. The first-order valence-corrected chi connectivity index (χ1v) is 11.1. The fourth-order valence-electron chi connectivity index (χ4n) is 4.28. The SMILES string of the molecule is COC(COc1ccc([C@H]2Oc3cc(C(F)(F)F)ccc3-c3cnc4cc(O)ccc4c32)cc1)OC. The normalized spacial score (nSPS) is 14.9. The molecule has 36 heavy (non-hydrogen) atoms. The van der Waals surface area contributed by atoms with Crippen LogP contribution in [0.3, 0.4) is 0 Å². The van der Waals surface area contributed by atoms with E-state index < -0.39 is 24.1 Å². The number of hydrogen-bond donors (Lipinski definition) is 1. The van der Waals surface area contributed by atoms with Crippen molar-refractivity contribution in [2.24, 2.45) is 0 Å². The first-order chi connectivity index (χ1) is 17.3. The summed E-state index contributed by atoms with van der Waals surface area (Å²) in [6.45, 7) is 0.183. The Morgan fingerprint density at radius 2 is 1.72 bits per heavy atom. The average Bonchev–Trinajstić information content (AvgIpc) is 2.87. The lowest BCUT2D eigenvalue weighted by molar-refractivity contribution is -0.137. The maximum Gasteiger partial charge on any atom is 0.416 e. The Morgan fingerprint density at radius 3 is 2.42 bits per heavy atom. The predicted molar refractivity (Wildman–Crippen MR) is 126 cm³/mol. The number of phenols is 1. The zero-order valence-electron chi connectivity index (χ0n) is 19.4. The highest BCUT2D eigenvalue weighted by molar-refractivity contribution is 5.92. The molecule has 1 aliphatic heterocycles. The standard InChI is InChI=1S/C27H22F3NO5/c1-33-24(34-2)14-35-18-7-3-15(4-8-18)26-25-20-10-6-17(32)12-22(20)31-13-21(25)19-9-5-16(27(28,29)30)11-23(19)36-26/h3-13,24,26,32H,14H2,1-2H3/t26-/m1/s1. The van der Waals surface area contributed by atoms with Crippen molar-refractivity contribution in [1.82, 2.24) is 4.98 Å². The number of nitrogens with zero attached hydrogens (tertiary/aromatic N) is 1. The van der Waals surface area contributed by atoms with Crippen LogP contribution < -0.4 is 9.47 Å². The number of methoxy groups -OCH3 is 2. The van der Waals surface area contributed by atoms with Gasteiger partial charge >= 0.3 is 6.18 Å². The number of aromatic hydroxyl groups is 1. The highest BCUT2D eigenvalue weighted by Gasteiger charge is 2.35. The van der Waals surface area contributed by atoms with E-state index in [0.717, 1.165) is 23.1 Å².